The number of amides is 1. The van der Waals surface area contributed by atoms with E-state index in [1.165, 1.54) is 12.8 Å². The normalized spacial score (nSPS) is 24.6. The molecule has 2 aliphatic rings. The fraction of sp³-hybridized carbons (Fsp3) is 0.923. The van der Waals surface area contributed by atoms with Crippen LogP contribution in [-0.2, 0) is 9.53 Å². The van der Waals surface area contributed by atoms with Crippen molar-refractivity contribution in [2.45, 2.75) is 44.6 Å². The molecule has 2 heterocycles. The number of hydrogen-bond acceptors (Lipinski definition) is 3. The van der Waals surface area contributed by atoms with E-state index >= 15 is 0 Å². The monoisotopic (exact) mass is 276 g/mol. The van der Waals surface area contributed by atoms with E-state index in [0.717, 1.165) is 44.9 Å². The van der Waals surface area contributed by atoms with E-state index in [4.69, 9.17) is 4.74 Å². The van der Waals surface area contributed by atoms with Gasteiger partial charge in [0.2, 0.25) is 5.91 Å². The fourth-order valence-electron chi connectivity index (χ4n) is 2.63. The van der Waals surface area contributed by atoms with Crippen LogP contribution >= 0.6 is 12.4 Å². The molecule has 0 spiro atoms. The molecule has 0 aliphatic carbocycles. The molecule has 0 aromatic carbocycles. The molecular weight excluding hydrogens is 252 g/mol. The molecule has 4 nitrogen and oxygen atoms in total. The third-order valence-electron chi connectivity index (χ3n) is 3.79. The first-order chi connectivity index (χ1) is 8.34. The molecule has 106 valence electrons. The number of rotatable bonds is 5. The molecule has 1 atom stereocenters. The Balaban J connectivity index is 0.00000162. The number of hydrogen-bond donors (Lipinski definition) is 2. The van der Waals surface area contributed by atoms with Gasteiger partial charge in [0, 0.05) is 19.6 Å². The maximum Gasteiger partial charge on any atom is 0.220 e. The van der Waals surface area contributed by atoms with E-state index in [1.807, 2.05) is 0 Å². The maximum absolute atomic E-state index is 11.7. The summed E-state index contributed by atoms with van der Waals surface area (Å²) < 4.78 is 5.47. The van der Waals surface area contributed by atoms with Gasteiger partial charge in [-0.05, 0) is 51.1 Å². The first-order valence-corrected chi connectivity index (χ1v) is 6.93. The minimum Gasteiger partial charge on any atom is -0.376 e. The second-order valence-electron chi connectivity index (χ2n) is 5.17. The molecule has 2 fully saturated rings. The van der Waals surface area contributed by atoms with Crippen LogP contribution in [0.2, 0.25) is 0 Å². The Labute approximate surface area is 116 Å². The largest absolute Gasteiger partial charge is 0.376 e. The Bertz CT molecular complexity index is 239. The van der Waals surface area contributed by atoms with Gasteiger partial charge in [0.25, 0.3) is 0 Å². The summed E-state index contributed by atoms with van der Waals surface area (Å²) in [6.45, 7) is 3.78. The van der Waals surface area contributed by atoms with Crippen molar-refractivity contribution in [2.24, 2.45) is 5.92 Å². The van der Waals surface area contributed by atoms with Crippen molar-refractivity contribution >= 4 is 18.3 Å². The average molecular weight is 277 g/mol. The molecular formula is C13H25ClN2O2. The van der Waals surface area contributed by atoms with Gasteiger partial charge in [-0.15, -0.1) is 12.4 Å². The van der Waals surface area contributed by atoms with Gasteiger partial charge in [-0.3, -0.25) is 4.79 Å². The average Bonchev–Trinajstić information content (AvgIpc) is 2.88. The summed E-state index contributed by atoms with van der Waals surface area (Å²) in [7, 11) is 0. The van der Waals surface area contributed by atoms with Crippen molar-refractivity contribution in [3.8, 4) is 0 Å². The molecule has 2 saturated heterocycles. The molecule has 1 amide bonds. The molecule has 2 aliphatic heterocycles. The van der Waals surface area contributed by atoms with Crippen LogP contribution in [0.25, 0.3) is 0 Å². The minimum atomic E-state index is 0. The Morgan fingerprint density at radius 3 is 2.72 bits per heavy atom. The van der Waals surface area contributed by atoms with E-state index in [2.05, 4.69) is 10.6 Å². The fourth-order valence-corrected chi connectivity index (χ4v) is 2.63. The van der Waals surface area contributed by atoms with Gasteiger partial charge >= 0.3 is 0 Å². The van der Waals surface area contributed by atoms with Crippen molar-refractivity contribution in [1.29, 1.82) is 0 Å². The predicted molar refractivity (Wildman–Crippen MR) is 74.1 cm³/mol. The summed E-state index contributed by atoms with van der Waals surface area (Å²) in [5, 5.41) is 6.33. The number of halogens is 1. The lowest BCUT2D eigenvalue weighted by molar-refractivity contribution is -0.121. The number of carbonyl (C=O) groups is 1. The first kappa shape index (κ1) is 15.7. The molecule has 2 N–H and O–H groups in total. The van der Waals surface area contributed by atoms with E-state index < -0.39 is 0 Å². The topological polar surface area (TPSA) is 50.4 Å². The number of piperidine rings is 1. The van der Waals surface area contributed by atoms with Crippen LogP contribution < -0.4 is 10.6 Å². The van der Waals surface area contributed by atoms with Crippen LogP contribution in [0.4, 0.5) is 0 Å². The van der Waals surface area contributed by atoms with Gasteiger partial charge in [-0.1, -0.05) is 0 Å². The highest BCUT2D eigenvalue weighted by Crippen LogP contribution is 2.17. The summed E-state index contributed by atoms with van der Waals surface area (Å²) in [5.74, 6) is 0.934. The molecule has 5 heteroatoms. The summed E-state index contributed by atoms with van der Waals surface area (Å²) in [6.07, 6.45) is 6.65. The van der Waals surface area contributed by atoms with E-state index in [-0.39, 0.29) is 24.4 Å². The van der Waals surface area contributed by atoms with Gasteiger partial charge in [-0.25, -0.2) is 0 Å². The van der Waals surface area contributed by atoms with Gasteiger partial charge in [-0.2, -0.15) is 0 Å². The van der Waals surface area contributed by atoms with Crippen LogP contribution in [0, 0.1) is 5.92 Å². The van der Waals surface area contributed by atoms with Crippen LogP contribution in [0.15, 0.2) is 0 Å². The highest BCUT2D eigenvalue weighted by molar-refractivity contribution is 5.85. The Morgan fingerprint density at radius 1 is 1.28 bits per heavy atom. The highest BCUT2D eigenvalue weighted by Gasteiger charge is 2.17. The lowest BCUT2D eigenvalue weighted by Gasteiger charge is -2.22. The highest BCUT2D eigenvalue weighted by atomic mass is 35.5. The van der Waals surface area contributed by atoms with Crippen LogP contribution in [0.3, 0.4) is 0 Å². The maximum atomic E-state index is 11.7. The number of ether oxygens (including phenoxy) is 1. The standard InChI is InChI=1S/C13H24N2O2.ClH/c16-13(15-10-12-2-1-9-17-12)4-3-11-5-7-14-8-6-11;/h11-12,14H,1-10H2,(H,15,16);1H. The zero-order valence-electron chi connectivity index (χ0n) is 11.0. The molecule has 1 unspecified atom stereocenters. The first-order valence-electron chi connectivity index (χ1n) is 6.93. The predicted octanol–water partition coefficient (Wildman–Crippen LogP) is 1.48. The number of nitrogens with one attached hydrogen (secondary N) is 2. The van der Waals surface area contributed by atoms with E-state index in [9.17, 15) is 4.79 Å². The Hall–Kier alpha value is -0.320. The third kappa shape index (κ3) is 5.55. The van der Waals surface area contributed by atoms with Crippen molar-refractivity contribution in [2.75, 3.05) is 26.2 Å². The molecule has 0 radical (unpaired) electrons. The van der Waals surface area contributed by atoms with Gasteiger partial charge in [0.05, 0.1) is 6.10 Å². The lowest BCUT2D eigenvalue weighted by atomic mass is 9.93. The molecule has 0 bridgehead atoms. The van der Waals surface area contributed by atoms with Gasteiger partial charge < -0.3 is 15.4 Å². The van der Waals surface area contributed by atoms with Crippen molar-refractivity contribution < 1.29 is 9.53 Å². The Kier molecular flexibility index (Phi) is 7.63. The van der Waals surface area contributed by atoms with Crippen LogP contribution in [-0.4, -0.2) is 38.3 Å². The van der Waals surface area contributed by atoms with Gasteiger partial charge in [0.1, 0.15) is 0 Å². The molecule has 0 saturated carbocycles. The second-order valence-corrected chi connectivity index (χ2v) is 5.17. The summed E-state index contributed by atoms with van der Waals surface area (Å²) in [6, 6.07) is 0. The van der Waals surface area contributed by atoms with Crippen LogP contribution in [0.5, 0.6) is 0 Å². The van der Waals surface area contributed by atoms with E-state index in [0.29, 0.717) is 13.0 Å². The third-order valence-corrected chi connectivity index (χ3v) is 3.79. The van der Waals surface area contributed by atoms with Crippen molar-refractivity contribution in [1.82, 2.24) is 10.6 Å². The van der Waals surface area contributed by atoms with Gasteiger partial charge in [0.15, 0.2) is 0 Å². The van der Waals surface area contributed by atoms with Crippen LogP contribution in [0.1, 0.15) is 38.5 Å². The molecule has 2 rings (SSSR count). The SMILES string of the molecule is Cl.O=C(CCC1CCNCC1)NCC1CCCO1. The van der Waals surface area contributed by atoms with E-state index in [1.54, 1.807) is 0 Å². The second kappa shape index (κ2) is 8.73. The quantitative estimate of drug-likeness (QED) is 0.800. The summed E-state index contributed by atoms with van der Waals surface area (Å²) >= 11 is 0. The smallest absolute Gasteiger partial charge is 0.220 e. The zero-order chi connectivity index (χ0) is 11.9. The minimum absolute atomic E-state index is 0. The summed E-state index contributed by atoms with van der Waals surface area (Å²) in [4.78, 5) is 11.7. The summed E-state index contributed by atoms with van der Waals surface area (Å²) in [5.41, 5.74) is 0. The molecule has 0 aromatic rings. The molecule has 18 heavy (non-hydrogen) atoms. The lowest BCUT2D eigenvalue weighted by Crippen LogP contribution is -2.33. The Morgan fingerprint density at radius 2 is 2.06 bits per heavy atom. The van der Waals surface area contributed by atoms with Crippen molar-refractivity contribution in [3.63, 3.8) is 0 Å². The van der Waals surface area contributed by atoms with Crippen molar-refractivity contribution in [3.05, 3.63) is 0 Å². The number of carbonyl (C=O) groups excluding carboxylic acids is 1. The molecule has 0 aromatic heterocycles. The zero-order valence-corrected chi connectivity index (χ0v) is 11.8.